The number of nitrogens with one attached hydrogen (secondary N) is 1. The van der Waals surface area contributed by atoms with Gasteiger partial charge < -0.3 is 29.7 Å². The van der Waals surface area contributed by atoms with Crippen molar-refractivity contribution >= 4 is 35.0 Å². The van der Waals surface area contributed by atoms with Crippen molar-refractivity contribution in [3.8, 4) is 11.5 Å². The number of carbonyl (C=O) groups excluding carboxylic acids is 2. The van der Waals surface area contributed by atoms with Crippen LogP contribution in [0.25, 0.3) is 5.57 Å². The number of amides is 2. The predicted octanol–water partition coefficient (Wildman–Crippen LogP) is 6.50. The maximum Gasteiger partial charge on any atom is 0.303 e. The molecule has 2 fully saturated rings. The van der Waals surface area contributed by atoms with Crippen molar-refractivity contribution in [3.63, 3.8) is 0 Å². The summed E-state index contributed by atoms with van der Waals surface area (Å²) < 4.78 is 11.9. The van der Waals surface area contributed by atoms with E-state index in [1.807, 2.05) is 72.2 Å². The monoisotopic (exact) mass is 699 g/mol. The SMILES string of the molecule is Cc1cc(Cl)c(OCCOc2ccc(C3=C(C(=O)N(Cc4ccccc4C)C4CC4)[C@H]4CN(C(=O)CCCC(=O)O)C[C@@H](C3)N4)cc2)cc1C. The minimum atomic E-state index is -0.906. The van der Waals surface area contributed by atoms with Crippen LogP contribution in [0.3, 0.4) is 0 Å². The summed E-state index contributed by atoms with van der Waals surface area (Å²) in [6.07, 6.45) is 2.97. The molecule has 3 aliphatic rings. The van der Waals surface area contributed by atoms with Gasteiger partial charge in [-0.1, -0.05) is 48.0 Å². The van der Waals surface area contributed by atoms with E-state index in [-0.39, 0.29) is 42.8 Å². The van der Waals surface area contributed by atoms with E-state index < -0.39 is 5.97 Å². The molecule has 2 N–H and O–H groups in total. The first-order chi connectivity index (χ1) is 24.1. The van der Waals surface area contributed by atoms with Crippen molar-refractivity contribution in [2.24, 2.45) is 0 Å². The molecule has 3 aromatic rings. The average molecular weight is 700 g/mol. The van der Waals surface area contributed by atoms with E-state index in [1.165, 1.54) is 0 Å². The standard InChI is InChI=1S/C40H46ClN3O6/c1-25-7-4-5-8-29(25)22-44(31-13-14-31)40(48)39-33(21-30-23-43(24-35(39)42-30)37(45)9-6-10-38(46)47)28-11-15-32(16-12-28)49-17-18-50-36-20-27(3)26(2)19-34(36)41/h4-5,7-8,11-12,15-16,19-20,30-31,35,42H,6,9-10,13-14,17-18,21-24H2,1-3H3,(H,46,47)/t30-,35-/m1/s1. The second kappa shape index (κ2) is 15.7. The van der Waals surface area contributed by atoms with E-state index in [4.69, 9.17) is 26.2 Å². The summed E-state index contributed by atoms with van der Waals surface area (Å²) in [5, 5.41) is 13.3. The maximum absolute atomic E-state index is 14.7. The van der Waals surface area contributed by atoms with Crippen molar-refractivity contribution < 1.29 is 29.0 Å². The highest BCUT2D eigenvalue weighted by atomic mass is 35.5. The highest BCUT2D eigenvalue weighted by Crippen LogP contribution is 2.38. The quantitative estimate of drug-likeness (QED) is 0.185. The number of fused-ring (bicyclic) bond motifs is 2. The number of hydrogen-bond acceptors (Lipinski definition) is 6. The van der Waals surface area contributed by atoms with Gasteiger partial charge in [0.15, 0.2) is 0 Å². The van der Waals surface area contributed by atoms with Gasteiger partial charge in [-0.25, -0.2) is 0 Å². The number of piperazine rings is 1. The van der Waals surface area contributed by atoms with Gasteiger partial charge in [0.2, 0.25) is 5.91 Å². The summed E-state index contributed by atoms with van der Waals surface area (Å²) in [6, 6.07) is 19.7. The molecule has 2 aliphatic heterocycles. The number of ether oxygens (including phenoxy) is 2. The average Bonchev–Trinajstić information content (AvgIpc) is 3.93. The lowest BCUT2D eigenvalue weighted by molar-refractivity contribution is -0.138. The number of carboxylic acids is 1. The lowest BCUT2D eigenvalue weighted by Crippen LogP contribution is -2.62. The van der Waals surface area contributed by atoms with Gasteiger partial charge in [0, 0.05) is 50.1 Å². The molecular formula is C40H46ClN3O6. The highest BCUT2D eigenvalue weighted by molar-refractivity contribution is 6.32. The number of aryl methyl sites for hydroxylation is 3. The van der Waals surface area contributed by atoms with Crippen LogP contribution in [0, 0.1) is 20.8 Å². The molecule has 2 bridgehead atoms. The lowest BCUT2D eigenvalue weighted by Gasteiger charge is -2.45. The molecule has 0 aromatic heterocycles. The third kappa shape index (κ3) is 8.50. The fourth-order valence-corrected chi connectivity index (χ4v) is 7.20. The van der Waals surface area contributed by atoms with Crippen LogP contribution >= 0.6 is 11.6 Å². The Balaban J connectivity index is 1.22. The Labute approximate surface area is 299 Å². The molecule has 0 spiro atoms. The van der Waals surface area contributed by atoms with E-state index in [2.05, 4.69) is 24.4 Å². The van der Waals surface area contributed by atoms with Crippen LogP contribution in [-0.2, 0) is 20.9 Å². The molecule has 3 aromatic carbocycles. The first-order valence-corrected chi connectivity index (χ1v) is 17.9. The zero-order valence-corrected chi connectivity index (χ0v) is 29.8. The molecule has 10 heteroatoms. The minimum Gasteiger partial charge on any atom is -0.490 e. The Kier molecular flexibility index (Phi) is 11.1. The van der Waals surface area contributed by atoms with Gasteiger partial charge in [-0.05, 0) is 104 Å². The van der Waals surface area contributed by atoms with Gasteiger partial charge in [-0.2, -0.15) is 0 Å². The van der Waals surface area contributed by atoms with Gasteiger partial charge in [-0.15, -0.1) is 0 Å². The second-order valence-corrected chi connectivity index (χ2v) is 14.1. The van der Waals surface area contributed by atoms with Crippen molar-refractivity contribution in [2.75, 3.05) is 26.3 Å². The lowest BCUT2D eigenvalue weighted by atomic mass is 9.82. The first kappa shape index (κ1) is 35.5. The first-order valence-electron chi connectivity index (χ1n) is 17.5. The molecule has 264 valence electrons. The minimum absolute atomic E-state index is 0.00403. The molecule has 1 saturated carbocycles. The predicted molar refractivity (Wildman–Crippen MR) is 193 cm³/mol. The third-order valence-electron chi connectivity index (χ3n) is 9.98. The molecule has 2 heterocycles. The molecule has 0 radical (unpaired) electrons. The molecule has 9 nitrogen and oxygen atoms in total. The zero-order chi connectivity index (χ0) is 35.4. The van der Waals surface area contributed by atoms with Crippen molar-refractivity contribution in [1.29, 1.82) is 0 Å². The van der Waals surface area contributed by atoms with Crippen LogP contribution in [-0.4, -0.2) is 77.1 Å². The number of aliphatic carboxylic acids is 1. The summed E-state index contributed by atoms with van der Waals surface area (Å²) in [6.45, 7) is 8.20. The zero-order valence-electron chi connectivity index (χ0n) is 29.0. The number of carboxylic acid groups (broad SMARTS) is 1. The van der Waals surface area contributed by atoms with Gasteiger partial charge in [-0.3, -0.25) is 14.4 Å². The Hall–Kier alpha value is -4.34. The van der Waals surface area contributed by atoms with Crippen LogP contribution in [0.2, 0.25) is 5.02 Å². The van der Waals surface area contributed by atoms with Gasteiger partial charge in [0.1, 0.15) is 24.7 Å². The summed E-state index contributed by atoms with van der Waals surface area (Å²) >= 11 is 6.36. The van der Waals surface area contributed by atoms with Crippen LogP contribution in [0.15, 0.2) is 66.2 Å². The number of hydrogen-bond donors (Lipinski definition) is 2. The van der Waals surface area contributed by atoms with Crippen molar-refractivity contribution in [3.05, 3.63) is 99.1 Å². The molecule has 1 aliphatic carbocycles. The Morgan fingerprint density at radius 1 is 0.920 bits per heavy atom. The highest BCUT2D eigenvalue weighted by Gasteiger charge is 2.43. The molecule has 6 rings (SSSR count). The molecular weight excluding hydrogens is 654 g/mol. The van der Waals surface area contributed by atoms with Crippen LogP contribution in [0.1, 0.15) is 66.3 Å². The van der Waals surface area contributed by atoms with Crippen molar-refractivity contribution in [2.45, 2.75) is 84.0 Å². The third-order valence-corrected chi connectivity index (χ3v) is 10.3. The molecule has 0 unspecified atom stereocenters. The number of benzene rings is 3. The number of nitrogens with zero attached hydrogens (tertiary/aromatic N) is 2. The normalized spacial score (nSPS) is 18.5. The topological polar surface area (TPSA) is 108 Å². The van der Waals surface area contributed by atoms with E-state index in [9.17, 15) is 14.4 Å². The maximum atomic E-state index is 14.7. The number of rotatable bonds is 14. The van der Waals surface area contributed by atoms with E-state index in [0.717, 1.165) is 46.2 Å². The summed E-state index contributed by atoms with van der Waals surface area (Å²) in [4.78, 5) is 42.8. The fourth-order valence-electron chi connectivity index (χ4n) is 6.93. The summed E-state index contributed by atoms with van der Waals surface area (Å²) in [5.41, 5.74) is 7.16. The molecule has 2 amide bonds. The Morgan fingerprint density at radius 3 is 2.36 bits per heavy atom. The fraction of sp³-hybridized carbons (Fsp3) is 0.425. The number of halogens is 1. The second-order valence-electron chi connectivity index (χ2n) is 13.7. The molecule has 2 atom stereocenters. The van der Waals surface area contributed by atoms with Crippen molar-refractivity contribution in [1.82, 2.24) is 15.1 Å². The van der Waals surface area contributed by atoms with E-state index >= 15 is 0 Å². The Bertz CT molecular complexity index is 1770. The van der Waals surface area contributed by atoms with Gasteiger partial charge in [0.05, 0.1) is 11.1 Å². The van der Waals surface area contributed by atoms with E-state index in [1.54, 1.807) is 0 Å². The Morgan fingerprint density at radius 2 is 1.64 bits per heavy atom. The van der Waals surface area contributed by atoms with Gasteiger partial charge in [0.25, 0.3) is 5.91 Å². The van der Waals surface area contributed by atoms with Crippen LogP contribution in [0.4, 0.5) is 0 Å². The molecule has 50 heavy (non-hydrogen) atoms. The smallest absolute Gasteiger partial charge is 0.303 e. The van der Waals surface area contributed by atoms with Gasteiger partial charge >= 0.3 is 5.97 Å². The van der Waals surface area contributed by atoms with Crippen LogP contribution in [0.5, 0.6) is 11.5 Å². The molecule has 1 saturated heterocycles. The summed E-state index contributed by atoms with van der Waals surface area (Å²) in [5.74, 6) is 0.365. The largest absolute Gasteiger partial charge is 0.490 e. The number of carbonyl (C=O) groups is 3. The van der Waals surface area contributed by atoms with E-state index in [0.29, 0.717) is 67.8 Å². The summed E-state index contributed by atoms with van der Waals surface area (Å²) in [7, 11) is 0. The van der Waals surface area contributed by atoms with Crippen LogP contribution < -0.4 is 14.8 Å².